The Bertz CT molecular complexity index is 1160. The lowest BCUT2D eigenvalue weighted by Gasteiger charge is -2.10. The molecule has 0 radical (unpaired) electrons. The van der Waals surface area contributed by atoms with Crippen molar-refractivity contribution in [1.29, 1.82) is 0 Å². The minimum atomic E-state index is -3.75. The number of sulfonamides is 1. The van der Waals surface area contributed by atoms with Gasteiger partial charge in [0, 0.05) is 12.2 Å². The lowest BCUT2D eigenvalue weighted by atomic mass is 10.1. The number of fused-ring (bicyclic) bond motifs is 1. The number of ether oxygens (including phenoxy) is 1. The highest BCUT2D eigenvalue weighted by molar-refractivity contribution is 7.92. The first-order valence-corrected chi connectivity index (χ1v) is 10.9. The Morgan fingerprint density at radius 2 is 1.63 bits per heavy atom. The van der Waals surface area contributed by atoms with Gasteiger partial charge in [0.1, 0.15) is 0 Å². The molecule has 0 aliphatic heterocycles. The third-order valence-electron chi connectivity index (χ3n) is 4.32. The predicted octanol–water partition coefficient (Wildman–Crippen LogP) is 2.86. The third-order valence-corrected chi connectivity index (χ3v) is 5.70. The highest BCUT2D eigenvalue weighted by atomic mass is 32.2. The van der Waals surface area contributed by atoms with Gasteiger partial charge in [-0.05, 0) is 47.5 Å². The fraction of sp³-hybridized carbons (Fsp3) is 0.182. The van der Waals surface area contributed by atoms with Crippen molar-refractivity contribution in [1.82, 2.24) is 5.32 Å². The average Bonchev–Trinajstić information content (AvgIpc) is 2.73. The van der Waals surface area contributed by atoms with E-state index < -0.39 is 16.0 Å². The van der Waals surface area contributed by atoms with Gasteiger partial charge in [-0.15, -0.1) is 0 Å². The summed E-state index contributed by atoms with van der Waals surface area (Å²) in [5, 5.41) is 4.33. The SMILES string of the molecule is CCNC(=O)COC(=O)Cc1ccc(NS(=O)(=O)c2ccc3ccccc3c2)cc1. The van der Waals surface area contributed by atoms with Crippen LogP contribution in [0.2, 0.25) is 0 Å². The van der Waals surface area contributed by atoms with Crippen LogP contribution in [0.15, 0.2) is 71.6 Å². The monoisotopic (exact) mass is 426 g/mol. The lowest BCUT2D eigenvalue weighted by molar-refractivity contribution is -0.147. The second-order valence-corrected chi connectivity index (χ2v) is 8.28. The molecule has 0 aliphatic carbocycles. The molecule has 3 rings (SSSR count). The van der Waals surface area contributed by atoms with Crippen molar-refractivity contribution >= 4 is 38.4 Å². The van der Waals surface area contributed by atoms with Crippen LogP contribution in [0.25, 0.3) is 10.8 Å². The van der Waals surface area contributed by atoms with Crippen molar-refractivity contribution in [2.75, 3.05) is 17.9 Å². The number of carbonyl (C=O) groups is 2. The summed E-state index contributed by atoms with van der Waals surface area (Å²) in [5.41, 5.74) is 1.02. The van der Waals surface area contributed by atoms with E-state index >= 15 is 0 Å². The van der Waals surface area contributed by atoms with E-state index in [1.165, 1.54) is 0 Å². The summed E-state index contributed by atoms with van der Waals surface area (Å²) in [5.74, 6) is -0.893. The van der Waals surface area contributed by atoms with Crippen molar-refractivity contribution < 1.29 is 22.7 Å². The summed E-state index contributed by atoms with van der Waals surface area (Å²) in [7, 11) is -3.75. The Balaban J connectivity index is 1.62. The summed E-state index contributed by atoms with van der Waals surface area (Å²) in [6, 6.07) is 18.9. The normalized spacial score (nSPS) is 11.1. The number of amides is 1. The van der Waals surface area contributed by atoms with Gasteiger partial charge in [-0.3, -0.25) is 14.3 Å². The van der Waals surface area contributed by atoms with Gasteiger partial charge in [0.05, 0.1) is 11.3 Å². The highest BCUT2D eigenvalue weighted by Gasteiger charge is 2.15. The van der Waals surface area contributed by atoms with Crippen molar-refractivity contribution in [3.8, 4) is 0 Å². The number of hydrogen-bond donors (Lipinski definition) is 2. The molecular weight excluding hydrogens is 404 g/mol. The Morgan fingerprint density at radius 3 is 2.33 bits per heavy atom. The number of nitrogens with one attached hydrogen (secondary N) is 2. The maximum absolute atomic E-state index is 12.7. The number of likely N-dealkylation sites (N-methyl/N-ethyl adjacent to an activating group) is 1. The minimum absolute atomic E-state index is 0.0168. The minimum Gasteiger partial charge on any atom is -0.455 e. The number of carbonyl (C=O) groups excluding carboxylic acids is 2. The zero-order valence-electron chi connectivity index (χ0n) is 16.4. The van der Waals surface area contributed by atoms with Gasteiger partial charge in [0.25, 0.3) is 15.9 Å². The smallest absolute Gasteiger partial charge is 0.310 e. The van der Waals surface area contributed by atoms with Crippen LogP contribution in [0, 0.1) is 0 Å². The molecule has 0 unspecified atom stereocenters. The van der Waals surface area contributed by atoms with Crippen LogP contribution in [-0.2, 0) is 30.8 Å². The van der Waals surface area contributed by atoms with Gasteiger partial charge in [0.2, 0.25) is 0 Å². The van der Waals surface area contributed by atoms with Crippen molar-refractivity contribution in [3.05, 3.63) is 72.3 Å². The lowest BCUT2D eigenvalue weighted by Crippen LogP contribution is -2.28. The molecule has 0 spiro atoms. The summed E-state index contributed by atoms with van der Waals surface area (Å²) in [6.45, 7) is 1.92. The molecule has 30 heavy (non-hydrogen) atoms. The number of hydrogen-bond acceptors (Lipinski definition) is 5. The maximum atomic E-state index is 12.7. The number of esters is 1. The summed E-state index contributed by atoms with van der Waals surface area (Å²) < 4.78 is 32.8. The van der Waals surface area contributed by atoms with Crippen LogP contribution >= 0.6 is 0 Å². The Hall–Kier alpha value is -3.39. The van der Waals surface area contributed by atoms with Gasteiger partial charge < -0.3 is 10.1 Å². The molecule has 0 aliphatic rings. The molecule has 8 heteroatoms. The van der Waals surface area contributed by atoms with E-state index in [0.717, 1.165) is 10.8 Å². The second kappa shape index (κ2) is 9.41. The molecule has 0 atom stereocenters. The van der Waals surface area contributed by atoms with E-state index in [9.17, 15) is 18.0 Å². The molecule has 7 nitrogen and oxygen atoms in total. The topological polar surface area (TPSA) is 102 Å². The molecule has 0 bridgehead atoms. The van der Waals surface area contributed by atoms with E-state index in [-0.39, 0.29) is 23.8 Å². The summed E-state index contributed by atoms with van der Waals surface area (Å²) in [6.07, 6.45) is -0.0168. The Kier molecular flexibility index (Phi) is 6.68. The first kappa shape index (κ1) is 21.3. The predicted molar refractivity (Wildman–Crippen MR) is 115 cm³/mol. The molecule has 156 valence electrons. The van der Waals surface area contributed by atoms with E-state index in [1.807, 2.05) is 24.3 Å². The van der Waals surface area contributed by atoms with Gasteiger partial charge in [-0.25, -0.2) is 8.42 Å². The molecule has 1 amide bonds. The van der Waals surface area contributed by atoms with E-state index in [1.54, 1.807) is 49.4 Å². The standard InChI is InChI=1S/C22H22N2O5S/c1-2-23-21(25)15-29-22(26)13-16-7-10-19(11-8-16)24-30(27,28)20-12-9-17-5-3-4-6-18(17)14-20/h3-12,14,24H,2,13,15H2,1H3,(H,23,25). The second-order valence-electron chi connectivity index (χ2n) is 6.60. The van der Waals surface area contributed by atoms with Crippen LogP contribution in [0.4, 0.5) is 5.69 Å². The van der Waals surface area contributed by atoms with Crippen LogP contribution in [-0.4, -0.2) is 33.4 Å². The highest BCUT2D eigenvalue weighted by Crippen LogP contribution is 2.21. The largest absolute Gasteiger partial charge is 0.455 e. The van der Waals surface area contributed by atoms with Gasteiger partial charge in [0.15, 0.2) is 6.61 Å². The maximum Gasteiger partial charge on any atom is 0.310 e. The third kappa shape index (κ3) is 5.57. The molecule has 2 N–H and O–H groups in total. The van der Waals surface area contributed by atoms with Gasteiger partial charge in [-0.2, -0.15) is 0 Å². The first-order chi connectivity index (χ1) is 14.4. The van der Waals surface area contributed by atoms with Crippen LogP contribution in [0.1, 0.15) is 12.5 Å². The summed E-state index contributed by atoms with van der Waals surface area (Å²) in [4.78, 5) is 23.3. The fourth-order valence-corrected chi connectivity index (χ4v) is 3.94. The molecule has 0 saturated heterocycles. The Morgan fingerprint density at radius 1 is 0.933 bits per heavy atom. The average molecular weight is 426 g/mol. The number of rotatable bonds is 8. The van der Waals surface area contributed by atoms with Crippen LogP contribution < -0.4 is 10.0 Å². The quantitative estimate of drug-likeness (QED) is 0.540. The molecule has 0 saturated carbocycles. The van der Waals surface area contributed by atoms with Crippen molar-refractivity contribution in [2.24, 2.45) is 0 Å². The fourth-order valence-electron chi connectivity index (χ4n) is 2.85. The van der Waals surface area contributed by atoms with Crippen LogP contribution in [0.5, 0.6) is 0 Å². The molecule has 0 heterocycles. The van der Waals surface area contributed by atoms with Gasteiger partial charge in [-0.1, -0.05) is 42.5 Å². The van der Waals surface area contributed by atoms with E-state index in [0.29, 0.717) is 17.8 Å². The molecule has 0 fully saturated rings. The molecule has 3 aromatic rings. The number of anilines is 1. The first-order valence-electron chi connectivity index (χ1n) is 9.40. The molecular formula is C22H22N2O5S. The summed E-state index contributed by atoms with van der Waals surface area (Å²) >= 11 is 0. The van der Waals surface area contributed by atoms with E-state index in [4.69, 9.17) is 4.74 Å². The van der Waals surface area contributed by atoms with Gasteiger partial charge >= 0.3 is 5.97 Å². The zero-order valence-corrected chi connectivity index (χ0v) is 17.2. The van der Waals surface area contributed by atoms with Crippen molar-refractivity contribution in [2.45, 2.75) is 18.2 Å². The Labute approximate surface area is 175 Å². The molecule has 0 aromatic heterocycles. The molecule has 3 aromatic carbocycles. The zero-order chi connectivity index (χ0) is 21.6. The van der Waals surface area contributed by atoms with E-state index in [2.05, 4.69) is 10.0 Å². The van der Waals surface area contributed by atoms with Crippen molar-refractivity contribution in [3.63, 3.8) is 0 Å². The number of benzene rings is 3. The van der Waals surface area contributed by atoms with Crippen LogP contribution in [0.3, 0.4) is 0 Å².